The average Bonchev–Trinajstić information content (AvgIpc) is 2.92. The van der Waals surface area contributed by atoms with Gasteiger partial charge in [-0.15, -0.1) is 0 Å². The van der Waals surface area contributed by atoms with Crippen LogP contribution >= 0.6 is 0 Å². The highest BCUT2D eigenvalue weighted by Gasteiger charge is 2.27. The van der Waals surface area contributed by atoms with Gasteiger partial charge in [0, 0.05) is 18.6 Å². The van der Waals surface area contributed by atoms with E-state index in [1.165, 1.54) is 0 Å². The second-order valence-corrected chi connectivity index (χ2v) is 5.30. The first-order valence-electron chi connectivity index (χ1n) is 7.03. The quantitative estimate of drug-likeness (QED) is 0.725. The van der Waals surface area contributed by atoms with Gasteiger partial charge in [0.2, 0.25) is 0 Å². The largest absolute Gasteiger partial charge is 0.480 e. The summed E-state index contributed by atoms with van der Waals surface area (Å²) in [6.45, 7) is 2.45. The molecular weight excluding hydrogens is 280 g/mol. The molecule has 0 bridgehead atoms. The third-order valence-electron chi connectivity index (χ3n) is 3.63. The number of nitrogens with zero attached hydrogens (tertiary/aromatic N) is 4. The minimum atomic E-state index is -0.112. The number of amides is 1. The van der Waals surface area contributed by atoms with Gasteiger partial charge in [-0.2, -0.15) is 0 Å². The summed E-state index contributed by atoms with van der Waals surface area (Å²) in [6, 6.07) is 7.59. The molecule has 6 nitrogen and oxygen atoms in total. The van der Waals surface area contributed by atoms with Gasteiger partial charge in [0.25, 0.3) is 5.91 Å². The topological polar surface area (TPSA) is 59.7 Å². The van der Waals surface area contributed by atoms with Crippen LogP contribution < -0.4 is 9.64 Å². The predicted molar refractivity (Wildman–Crippen MR) is 80.9 cm³/mol. The maximum atomic E-state index is 12.2. The smallest absolute Gasteiger partial charge is 0.266 e. The molecule has 3 aromatic heterocycles. The first-order chi connectivity index (χ1) is 10.7. The van der Waals surface area contributed by atoms with E-state index in [0.717, 1.165) is 16.9 Å². The molecular formula is C16H14N4O2. The van der Waals surface area contributed by atoms with E-state index >= 15 is 0 Å². The highest BCUT2D eigenvalue weighted by Crippen LogP contribution is 2.30. The van der Waals surface area contributed by atoms with E-state index in [1.807, 2.05) is 41.9 Å². The Bertz CT molecular complexity index is 871. The second-order valence-electron chi connectivity index (χ2n) is 5.30. The fourth-order valence-electron chi connectivity index (χ4n) is 2.59. The van der Waals surface area contributed by atoms with E-state index in [-0.39, 0.29) is 12.5 Å². The Morgan fingerprint density at radius 2 is 2.18 bits per heavy atom. The van der Waals surface area contributed by atoms with Gasteiger partial charge < -0.3 is 9.14 Å². The molecule has 0 spiro atoms. The highest BCUT2D eigenvalue weighted by molar-refractivity contribution is 5.96. The first-order valence-corrected chi connectivity index (χ1v) is 7.03. The van der Waals surface area contributed by atoms with Gasteiger partial charge in [0.05, 0.1) is 12.2 Å². The number of imidazole rings is 1. The molecule has 4 rings (SSSR count). The average molecular weight is 294 g/mol. The lowest BCUT2D eigenvalue weighted by Crippen LogP contribution is -2.38. The molecule has 1 aliphatic heterocycles. The number of pyridine rings is 2. The Kier molecular flexibility index (Phi) is 2.82. The van der Waals surface area contributed by atoms with Crippen molar-refractivity contribution in [3.05, 3.63) is 54.1 Å². The van der Waals surface area contributed by atoms with Crippen LogP contribution in [-0.2, 0) is 11.3 Å². The standard InChI is InChI=1S/C16H14N4O2/c1-11-4-5-14-18-12(8-19(14)7-11)9-20-15(21)10-22-13-3-2-6-17-16(13)20/h2-8H,9-10H2,1H3. The van der Waals surface area contributed by atoms with Crippen molar-refractivity contribution in [2.75, 3.05) is 11.5 Å². The van der Waals surface area contributed by atoms with Gasteiger partial charge in [-0.05, 0) is 30.7 Å². The zero-order chi connectivity index (χ0) is 15.1. The lowest BCUT2D eigenvalue weighted by molar-refractivity contribution is -0.121. The third kappa shape index (κ3) is 2.09. The zero-order valence-electron chi connectivity index (χ0n) is 12.1. The highest BCUT2D eigenvalue weighted by atomic mass is 16.5. The molecule has 0 aliphatic carbocycles. The van der Waals surface area contributed by atoms with Crippen molar-refractivity contribution < 1.29 is 9.53 Å². The fraction of sp³-hybridized carbons (Fsp3) is 0.188. The number of rotatable bonds is 2. The maximum absolute atomic E-state index is 12.2. The van der Waals surface area contributed by atoms with Gasteiger partial charge in [-0.25, -0.2) is 9.97 Å². The number of aryl methyl sites for hydroxylation is 1. The Hall–Kier alpha value is -2.89. The summed E-state index contributed by atoms with van der Waals surface area (Å²) in [5.41, 5.74) is 2.84. The van der Waals surface area contributed by atoms with Gasteiger partial charge >= 0.3 is 0 Å². The van der Waals surface area contributed by atoms with Crippen LogP contribution in [0.2, 0.25) is 0 Å². The number of fused-ring (bicyclic) bond motifs is 2. The normalized spacial score (nSPS) is 14.0. The molecule has 0 aromatic carbocycles. The zero-order valence-corrected chi connectivity index (χ0v) is 12.1. The van der Waals surface area contributed by atoms with Crippen LogP contribution in [0.15, 0.2) is 42.9 Å². The molecule has 0 unspecified atom stereocenters. The summed E-state index contributed by atoms with van der Waals surface area (Å²) in [7, 11) is 0. The minimum absolute atomic E-state index is 0.0329. The summed E-state index contributed by atoms with van der Waals surface area (Å²) in [5.74, 6) is 1.06. The van der Waals surface area contributed by atoms with E-state index in [4.69, 9.17) is 4.74 Å². The molecule has 6 heteroatoms. The number of hydrogen-bond donors (Lipinski definition) is 0. The van der Waals surface area contributed by atoms with Crippen molar-refractivity contribution in [3.8, 4) is 5.75 Å². The van der Waals surface area contributed by atoms with Gasteiger partial charge in [0.15, 0.2) is 18.2 Å². The van der Waals surface area contributed by atoms with Crippen molar-refractivity contribution in [1.29, 1.82) is 0 Å². The van der Waals surface area contributed by atoms with E-state index in [1.54, 1.807) is 17.2 Å². The van der Waals surface area contributed by atoms with Crippen LogP contribution in [0.25, 0.3) is 5.65 Å². The van der Waals surface area contributed by atoms with Crippen LogP contribution in [0.3, 0.4) is 0 Å². The van der Waals surface area contributed by atoms with Crippen molar-refractivity contribution in [2.45, 2.75) is 13.5 Å². The van der Waals surface area contributed by atoms with E-state index < -0.39 is 0 Å². The van der Waals surface area contributed by atoms with Crippen molar-refractivity contribution in [3.63, 3.8) is 0 Å². The van der Waals surface area contributed by atoms with E-state index in [2.05, 4.69) is 9.97 Å². The van der Waals surface area contributed by atoms with E-state index in [9.17, 15) is 4.79 Å². The molecule has 1 amide bonds. The maximum Gasteiger partial charge on any atom is 0.266 e. The molecule has 0 atom stereocenters. The number of carbonyl (C=O) groups is 1. The number of carbonyl (C=O) groups excluding carboxylic acids is 1. The van der Waals surface area contributed by atoms with E-state index in [0.29, 0.717) is 18.1 Å². The minimum Gasteiger partial charge on any atom is -0.480 e. The molecule has 0 saturated heterocycles. The van der Waals surface area contributed by atoms with Gasteiger partial charge in [-0.1, -0.05) is 6.07 Å². The fourth-order valence-corrected chi connectivity index (χ4v) is 2.59. The van der Waals surface area contributed by atoms with Gasteiger partial charge in [-0.3, -0.25) is 9.69 Å². The summed E-state index contributed by atoms with van der Waals surface area (Å²) >= 11 is 0. The molecule has 0 N–H and O–H groups in total. The van der Waals surface area contributed by atoms with Gasteiger partial charge in [0.1, 0.15) is 5.65 Å². The monoisotopic (exact) mass is 294 g/mol. The van der Waals surface area contributed by atoms with Crippen LogP contribution in [0.4, 0.5) is 5.82 Å². The first kappa shape index (κ1) is 12.8. The molecule has 110 valence electrons. The predicted octanol–water partition coefficient (Wildman–Crippen LogP) is 1.96. The summed E-state index contributed by atoms with van der Waals surface area (Å²) in [5, 5.41) is 0. The van der Waals surface area contributed by atoms with Crippen molar-refractivity contribution in [2.24, 2.45) is 0 Å². The summed E-state index contributed by atoms with van der Waals surface area (Å²) < 4.78 is 7.37. The van der Waals surface area contributed by atoms with Crippen molar-refractivity contribution in [1.82, 2.24) is 14.4 Å². The summed E-state index contributed by atoms with van der Waals surface area (Å²) in [6.07, 6.45) is 5.60. The Balaban J connectivity index is 1.71. The lowest BCUT2D eigenvalue weighted by atomic mass is 10.3. The Morgan fingerprint density at radius 1 is 1.27 bits per heavy atom. The SMILES string of the molecule is Cc1ccc2nc(CN3C(=O)COc4cccnc43)cn2c1. The van der Waals surface area contributed by atoms with Crippen LogP contribution in [0.5, 0.6) is 5.75 Å². The summed E-state index contributed by atoms with van der Waals surface area (Å²) in [4.78, 5) is 22.6. The Morgan fingerprint density at radius 3 is 3.09 bits per heavy atom. The van der Waals surface area contributed by atoms with Crippen LogP contribution in [0.1, 0.15) is 11.3 Å². The second kappa shape index (κ2) is 4.84. The van der Waals surface area contributed by atoms with Crippen LogP contribution in [-0.4, -0.2) is 26.9 Å². The molecule has 22 heavy (non-hydrogen) atoms. The number of hydrogen-bond acceptors (Lipinski definition) is 4. The number of ether oxygens (including phenoxy) is 1. The number of anilines is 1. The molecule has 1 aliphatic rings. The number of aromatic nitrogens is 3. The molecule has 0 fully saturated rings. The Labute approximate surface area is 127 Å². The molecule has 0 radical (unpaired) electrons. The van der Waals surface area contributed by atoms with Crippen molar-refractivity contribution >= 4 is 17.4 Å². The third-order valence-corrected chi connectivity index (χ3v) is 3.63. The molecule has 0 saturated carbocycles. The van der Waals surface area contributed by atoms with Crippen LogP contribution in [0, 0.1) is 6.92 Å². The molecule has 4 heterocycles. The lowest BCUT2D eigenvalue weighted by Gasteiger charge is -2.27. The molecule has 3 aromatic rings.